The third kappa shape index (κ3) is 5.36. The van der Waals surface area contributed by atoms with Crippen molar-refractivity contribution >= 4 is 27.3 Å². The van der Waals surface area contributed by atoms with Gasteiger partial charge in [-0.3, -0.25) is 9.52 Å². The van der Waals surface area contributed by atoms with Crippen molar-refractivity contribution in [2.45, 2.75) is 24.8 Å². The molecule has 0 saturated carbocycles. The Morgan fingerprint density at radius 1 is 1.00 bits per heavy atom. The van der Waals surface area contributed by atoms with E-state index in [4.69, 9.17) is 4.74 Å². The Kier molecular flexibility index (Phi) is 6.37. The predicted octanol–water partition coefficient (Wildman–Crippen LogP) is 4.34. The molecule has 156 valence electrons. The van der Waals surface area contributed by atoms with Gasteiger partial charge in [0.15, 0.2) is 6.10 Å². The molecule has 0 fully saturated rings. The summed E-state index contributed by atoms with van der Waals surface area (Å²) >= 11 is 0. The zero-order valence-electron chi connectivity index (χ0n) is 16.4. The number of amides is 1. The molecule has 1 unspecified atom stereocenters. The van der Waals surface area contributed by atoms with Gasteiger partial charge in [0.05, 0.1) is 10.6 Å². The summed E-state index contributed by atoms with van der Waals surface area (Å²) in [4.78, 5) is 12.6. The number of carbonyl (C=O) groups is 1. The van der Waals surface area contributed by atoms with E-state index in [1.807, 2.05) is 0 Å². The van der Waals surface area contributed by atoms with Crippen LogP contribution in [0.1, 0.15) is 12.5 Å². The van der Waals surface area contributed by atoms with Crippen LogP contribution in [0.2, 0.25) is 0 Å². The van der Waals surface area contributed by atoms with E-state index in [0.717, 1.165) is 0 Å². The highest BCUT2D eigenvalue weighted by Crippen LogP contribution is 2.24. The first-order chi connectivity index (χ1) is 14.2. The normalized spacial score (nSPS) is 12.1. The van der Waals surface area contributed by atoms with Crippen molar-refractivity contribution in [2.24, 2.45) is 0 Å². The molecule has 30 heavy (non-hydrogen) atoms. The summed E-state index contributed by atoms with van der Waals surface area (Å²) in [6.45, 7) is 3.32. The fourth-order valence-corrected chi connectivity index (χ4v) is 3.77. The predicted molar refractivity (Wildman–Crippen MR) is 114 cm³/mol. The Balaban J connectivity index is 1.71. The lowest BCUT2D eigenvalue weighted by molar-refractivity contribution is -0.122. The molecule has 2 N–H and O–H groups in total. The van der Waals surface area contributed by atoms with Gasteiger partial charge in [0, 0.05) is 5.69 Å². The Bertz CT molecular complexity index is 1130. The molecule has 0 aliphatic rings. The number of benzene rings is 3. The molecule has 0 aliphatic heterocycles. The first kappa shape index (κ1) is 21.3. The fourth-order valence-electron chi connectivity index (χ4n) is 2.63. The summed E-state index contributed by atoms with van der Waals surface area (Å²) in [5.41, 5.74) is 1.46. The van der Waals surface area contributed by atoms with Crippen LogP contribution in [0.3, 0.4) is 0 Å². The highest BCUT2D eigenvalue weighted by molar-refractivity contribution is 7.92. The minimum atomic E-state index is -3.76. The van der Waals surface area contributed by atoms with Crippen molar-refractivity contribution in [3.05, 3.63) is 84.2 Å². The molecule has 0 bridgehead atoms. The monoisotopic (exact) mass is 428 g/mol. The topological polar surface area (TPSA) is 84.5 Å². The average molecular weight is 428 g/mol. The number of sulfonamides is 1. The lowest BCUT2D eigenvalue weighted by atomic mass is 10.2. The van der Waals surface area contributed by atoms with E-state index in [2.05, 4.69) is 10.0 Å². The van der Waals surface area contributed by atoms with Gasteiger partial charge in [0.1, 0.15) is 11.6 Å². The quantitative estimate of drug-likeness (QED) is 0.586. The smallest absolute Gasteiger partial charge is 0.265 e. The van der Waals surface area contributed by atoms with Gasteiger partial charge < -0.3 is 10.1 Å². The molecule has 0 aromatic heterocycles. The highest BCUT2D eigenvalue weighted by atomic mass is 32.2. The number of hydrogen-bond donors (Lipinski definition) is 2. The standard InChI is InChI=1S/C22H21FN2O4S/c1-15-8-11-18(14-21(15)25-30(27,28)20-6-4-3-5-7-20)24-22(26)16(2)29-19-12-9-17(23)10-13-19/h3-14,16,25H,1-2H3,(H,24,26). The summed E-state index contributed by atoms with van der Waals surface area (Å²) in [5.74, 6) is -0.469. The molecule has 1 amide bonds. The van der Waals surface area contributed by atoms with Crippen LogP contribution in [-0.4, -0.2) is 20.4 Å². The molecule has 1 atom stereocenters. The summed E-state index contributed by atoms with van der Waals surface area (Å²) < 4.78 is 46.2. The lowest BCUT2D eigenvalue weighted by Crippen LogP contribution is -2.30. The van der Waals surface area contributed by atoms with E-state index in [0.29, 0.717) is 22.7 Å². The van der Waals surface area contributed by atoms with Gasteiger partial charge >= 0.3 is 0 Å². The molecule has 6 nitrogen and oxygen atoms in total. The van der Waals surface area contributed by atoms with Crippen molar-refractivity contribution < 1.29 is 22.3 Å². The molecule has 0 saturated heterocycles. The van der Waals surface area contributed by atoms with Crippen molar-refractivity contribution in [2.75, 3.05) is 10.0 Å². The first-order valence-corrected chi connectivity index (χ1v) is 10.6. The molecular weight excluding hydrogens is 407 g/mol. The minimum Gasteiger partial charge on any atom is -0.481 e. The fraction of sp³-hybridized carbons (Fsp3) is 0.136. The van der Waals surface area contributed by atoms with Crippen molar-refractivity contribution in [3.8, 4) is 5.75 Å². The van der Waals surface area contributed by atoms with Crippen molar-refractivity contribution in [1.82, 2.24) is 0 Å². The van der Waals surface area contributed by atoms with Gasteiger partial charge in [0.25, 0.3) is 15.9 Å². The Labute approximate surface area is 174 Å². The van der Waals surface area contributed by atoms with E-state index in [1.54, 1.807) is 50.2 Å². The van der Waals surface area contributed by atoms with E-state index in [9.17, 15) is 17.6 Å². The van der Waals surface area contributed by atoms with E-state index < -0.39 is 27.9 Å². The summed E-state index contributed by atoms with van der Waals surface area (Å²) in [6.07, 6.45) is -0.846. The molecule has 0 spiro atoms. The van der Waals surface area contributed by atoms with Gasteiger partial charge in [-0.2, -0.15) is 0 Å². The maximum Gasteiger partial charge on any atom is 0.265 e. The maximum atomic E-state index is 13.0. The lowest BCUT2D eigenvalue weighted by Gasteiger charge is -2.16. The number of aryl methyl sites for hydroxylation is 1. The Hall–Kier alpha value is -3.39. The number of rotatable bonds is 7. The van der Waals surface area contributed by atoms with Crippen molar-refractivity contribution in [3.63, 3.8) is 0 Å². The number of ether oxygens (including phenoxy) is 1. The van der Waals surface area contributed by atoms with Crippen LogP contribution in [0.15, 0.2) is 77.7 Å². The Morgan fingerprint density at radius 2 is 1.67 bits per heavy atom. The summed E-state index contributed by atoms with van der Waals surface area (Å²) in [6, 6.07) is 18.3. The first-order valence-electron chi connectivity index (χ1n) is 9.16. The van der Waals surface area contributed by atoms with Gasteiger partial charge in [-0.25, -0.2) is 12.8 Å². The molecule has 0 radical (unpaired) electrons. The molecule has 3 rings (SSSR count). The summed E-state index contributed by atoms with van der Waals surface area (Å²) in [7, 11) is -3.76. The zero-order chi connectivity index (χ0) is 21.7. The van der Waals surface area contributed by atoms with Gasteiger partial charge in [-0.05, 0) is 67.9 Å². The van der Waals surface area contributed by atoms with Crippen LogP contribution in [0.4, 0.5) is 15.8 Å². The average Bonchev–Trinajstić information content (AvgIpc) is 2.72. The number of anilines is 2. The van der Waals surface area contributed by atoms with Crippen LogP contribution < -0.4 is 14.8 Å². The molecule has 0 heterocycles. The van der Waals surface area contributed by atoms with Crippen LogP contribution in [-0.2, 0) is 14.8 Å². The van der Waals surface area contributed by atoms with E-state index >= 15 is 0 Å². The third-order valence-electron chi connectivity index (χ3n) is 4.30. The Morgan fingerprint density at radius 3 is 2.33 bits per heavy atom. The highest BCUT2D eigenvalue weighted by Gasteiger charge is 2.18. The number of halogens is 1. The zero-order valence-corrected chi connectivity index (χ0v) is 17.2. The van der Waals surface area contributed by atoms with Gasteiger partial charge in [-0.1, -0.05) is 24.3 Å². The van der Waals surface area contributed by atoms with Crippen LogP contribution >= 0.6 is 0 Å². The second kappa shape index (κ2) is 8.96. The molecule has 0 aliphatic carbocycles. The second-order valence-corrected chi connectivity index (χ2v) is 8.33. The van der Waals surface area contributed by atoms with E-state index in [1.165, 1.54) is 36.4 Å². The van der Waals surface area contributed by atoms with Gasteiger partial charge in [0.2, 0.25) is 0 Å². The van der Waals surface area contributed by atoms with Crippen molar-refractivity contribution in [1.29, 1.82) is 0 Å². The van der Waals surface area contributed by atoms with Crippen LogP contribution in [0, 0.1) is 12.7 Å². The minimum absolute atomic E-state index is 0.139. The van der Waals surface area contributed by atoms with Gasteiger partial charge in [-0.15, -0.1) is 0 Å². The summed E-state index contributed by atoms with van der Waals surface area (Å²) in [5, 5.41) is 2.69. The van der Waals surface area contributed by atoms with Crippen LogP contribution in [0.25, 0.3) is 0 Å². The number of hydrogen-bond acceptors (Lipinski definition) is 4. The number of nitrogens with one attached hydrogen (secondary N) is 2. The largest absolute Gasteiger partial charge is 0.481 e. The molecule has 3 aromatic carbocycles. The number of carbonyl (C=O) groups excluding carboxylic acids is 1. The molecular formula is C22H21FN2O4S. The SMILES string of the molecule is Cc1ccc(NC(=O)C(C)Oc2ccc(F)cc2)cc1NS(=O)(=O)c1ccccc1. The second-order valence-electron chi connectivity index (χ2n) is 6.65. The molecule has 3 aromatic rings. The van der Waals surface area contributed by atoms with Crippen LogP contribution in [0.5, 0.6) is 5.75 Å². The van der Waals surface area contributed by atoms with E-state index in [-0.39, 0.29) is 4.90 Å². The maximum absolute atomic E-state index is 13.0. The third-order valence-corrected chi connectivity index (χ3v) is 5.68. The molecule has 8 heteroatoms.